The number of carbonyl (C=O) groups excluding carboxylic acids is 2. The van der Waals surface area contributed by atoms with Crippen LogP contribution in [0.1, 0.15) is 38.2 Å². The minimum atomic E-state index is -0.571. The van der Waals surface area contributed by atoms with Crippen LogP contribution in [0.5, 0.6) is 11.5 Å². The molecular weight excluding hydrogens is 320 g/mol. The van der Waals surface area contributed by atoms with Crippen LogP contribution in [-0.2, 0) is 16.0 Å². The Morgan fingerprint density at radius 1 is 1.08 bits per heavy atom. The number of hydrogen-bond donors (Lipinski definition) is 2. The molecule has 1 aliphatic rings. The number of ether oxygens (including phenoxy) is 2. The first-order chi connectivity index (χ1) is 12.0. The van der Waals surface area contributed by atoms with Crippen molar-refractivity contribution in [1.29, 1.82) is 0 Å². The highest BCUT2D eigenvalue weighted by molar-refractivity contribution is 6.35. The van der Waals surface area contributed by atoms with Gasteiger partial charge in [0.05, 0.1) is 14.2 Å². The van der Waals surface area contributed by atoms with Crippen LogP contribution in [-0.4, -0.2) is 38.6 Å². The first kappa shape index (κ1) is 19.1. The molecule has 138 valence electrons. The number of hydrogen-bond acceptors (Lipinski definition) is 4. The lowest BCUT2D eigenvalue weighted by Gasteiger charge is -2.29. The third kappa shape index (κ3) is 5.37. The number of rotatable bonds is 6. The van der Waals surface area contributed by atoms with Crippen molar-refractivity contribution in [2.45, 2.75) is 45.1 Å². The average molecular weight is 348 g/mol. The van der Waals surface area contributed by atoms with Gasteiger partial charge in [-0.15, -0.1) is 0 Å². The van der Waals surface area contributed by atoms with Gasteiger partial charge in [0, 0.05) is 12.6 Å². The van der Waals surface area contributed by atoms with Gasteiger partial charge in [-0.2, -0.15) is 0 Å². The van der Waals surface area contributed by atoms with E-state index in [1.165, 1.54) is 6.42 Å². The van der Waals surface area contributed by atoms with Gasteiger partial charge < -0.3 is 20.1 Å². The molecule has 0 spiro atoms. The second kappa shape index (κ2) is 9.30. The molecule has 2 rings (SSSR count). The third-order valence-corrected chi connectivity index (χ3v) is 4.78. The van der Waals surface area contributed by atoms with Crippen molar-refractivity contribution in [3.05, 3.63) is 23.8 Å². The van der Waals surface area contributed by atoms with Gasteiger partial charge in [0.15, 0.2) is 11.5 Å². The minimum absolute atomic E-state index is 0.109. The Morgan fingerprint density at radius 3 is 2.48 bits per heavy atom. The van der Waals surface area contributed by atoms with E-state index in [-0.39, 0.29) is 6.04 Å². The molecule has 25 heavy (non-hydrogen) atoms. The number of methoxy groups -OCH3 is 2. The van der Waals surface area contributed by atoms with Crippen LogP contribution in [0, 0.1) is 5.92 Å². The van der Waals surface area contributed by atoms with Crippen LogP contribution < -0.4 is 20.1 Å². The van der Waals surface area contributed by atoms with Crippen LogP contribution in [0.4, 0.5) is 0 Å². The smallest absolute Gasteiger partial charge is 0.309 e. The van der Waals surface area contributed by atoms with Crippen LogP contribution >= 0.6 is 0 Å². The van der Waals surface area contributed by atoms with Gasteiger partial charge >= 0.3 is 11.8 Å². The normalized spacial score (nSPS) is 19.8. The first-order valence-electron chi connectivity index (χ1n) is 8.84. The topological polar surface area (TPSA) is 76.7 Å². The zero-order valence-electron chi connectivity index (χ0n) is 15.3. The average Bonchev–Trinajstić information content (AvgIpc) is 2.63. The maximum atomic E-state index is 12.0. The molecule has 0 unspecified atom stereocenters. The maximum absolute atomic E-state index is 12.0. The zero-order valence-corrected chi connectivity index (χ0v) is 15.3. The number of nitrogens with one attached hydrogen (secondary N) is 2. The molecule has 6 heteroatoms. The summed E-state index contributed by atoms with van der Waals surface area (Å²) in [4.78, 5) is 24.0. The van der Waals surface area contributed by atoms with Crippen LogP contribution in [0.25, 0.3) is 0 Å². The Kier molecular flexibility index (Phi) is 7.10. The predicted molar refractivity (Wildman–Crippen MR) is 95.8 cm³/mol. The summed E-state index contributed by atoms with van der Waals surface area (Å²) in [6.07, 6.45) is 4.97. The standard InChI is InChI=1S/C19H28N2O4/c1-13-6-4-5-7-15(13)21-19(23)18(22)20-11-10-14-8-9-16(24-2)17(12-14)25-3/h8-9,12-13,15H,4-7,10-11H2,1-3H3,(H,20,22)(H,21,23)/t13-,15+/m1/s1. The Balaban J connectivity index is 1.78. The van der Waals surface area contributed by atoms with E-state index < -0.39 is 11.8 Å². The Bertz CT molecular complexity index is 603. The molecule has 0 radical (unpaired) electrons. The van der Waals surface area contributed by atoms with E-state index >= 15 is 0 Å². The molecule has 0 aromatic heterocycles. The lowest BCUT2D eigenvalue weighted by Crippen LogP contribution is -2.48. The van der Waals surface area contributed by atoms with Crippen molar-refractivity contribution in [3.8, 4) is 11.5 Å². The molecule has 0 aliphatic heterocycles. The van der Waals surface area contributed by atoms with Crippen molar-refractivity contribution in [2.75, 3.05) is 20.8 Å². The lowest BCUT2D eigenvalue weighted by atomic mass is 9.86. The van der Waals surface area contributed by atoms with Gasteiger partial charge in [0.2, 0.25) is 0 Å². The Morgan fingerprint density at radius 2 is 1.80 bits per heavy atom. The monoisotopic (exact) mass is 348 g/mol. The predicted octanol–water partition coefficient (Wildman–Crippen LogP) is 2.06. The van der Waals surface area contributed by atoms with Crippen molar-refractivity contribution in [2.24, 2.45) is 5.92 Å². The highest BCUT2D eigenvalue weighted by Gasteiger charge is 2.25. The van der Waals surface area contributed by atoms with Crippen LogP contribution in [0.2, 0.25) is 0 Å². The van der Waals surface area contributed by atoms with Crippen molar-refractivity contribution >= 4 is 11.8 Å². The second-order valence-corrected chi connectivity index (χ2v) is 6.54. The van der Waals surface area contributed by atoms with E-state index in [0.717, 1.165) is 24.8 Å². The largest absolute Gasteiger partial charge is 0.493 e. The lowest BCUT2D eigenvalue weighted by molar-refractivity contribution is -0.139. The van der Waals surface area contributed by atoms with Gasteiger partial charge in [0.25, 0.3) is 0 Å². The maximum Gasteiger partial charge on any atom is 0.309 e. The minimum Gasteiger partial charge on any atom is -0.493 e. The molecule has 2 amide bonds. The van der Waals surface area contributed by atoms with Crippen molar-refractivity contribution < 1.29 is 19.1 Å². The number of amides is 2. The molecule has 1 aromatic rings. The van der Waals surface area contributed by atoms with E-state index in [2.05, 4.69) is 17.6 Å². The van der Waals surface area contributed by atoms with Gasteiger partial charge in [-0.1, -0.05) is 25.8 Å². The molecule has 2 atom stereocenters. The van der Waals surface area contributed by atoms with E-state index in [1.807, 2.05) is 18.2 Å². The first-order valence-corrected chi connectivity index (χ1v) is 8.84. The van der Waals surface area contributed by atoms with Gasteiger partial charge in [-0.3, -0.25) is 9.59 Å². The molecule has 1 fully saturated rings. The van der Waals surface area contributed by atoms with E-state index in [0.29, 0.717) is 30.4 Å². The summed E-state index contributed by atoms with van der Waals surface area (Å²) in [5.41, 5.74) is 0.999. The number of carbonyl (C=O) groups is 2. The summed E-state index contributed by atoms with van der Waals surface area (Å²) in [5, 5.41) is 5.54. The van der Waals surface area contributed by atoms with E-state index in [4.69, 9.17) is 9.47 Å². The molecule has 0 bridgehead atoms. The van der Waals surface area contributed by atoms with Crippen molar-refractivity contribution in [3.63, 3.8) is 0 Å². The fraction of sp³-hybridized carbons (Fsp3) is 0.579. The quantitative estimate of drug-likeness (QED) is 0.772. The molecule has 0 heterocycles. The highest BCUT2D eigenvalue weighted by Crippen LogP contribution is 2.27. The fourth-order valence-electron chi connectivity index (χ4n) is 3.20. The SMILES string of the molecule is COc1ccc(CCNC(=O)C(=O)N[C@H]2CCCC[C@H]2C)cc1OC. The summed E-state index contributed by atoms with van der Waals surface area (Å²) in [6, 6.07) is 5.72. The summed E-state index contributed by atoms with van der Waals surface area (Å²) >= 11 is 0. The molecular formula is C19H28N2O4. The van der Waals surface area contributed by atoms with Gasteiger partial charge in [-0.05, 0) is 42.9 Å². The number of benzene rings is 1. The molecule has 6 nitrogen and oxygen atoms in total. The third-order valence-electron chi connectivity index (χ3n) is 4.78. The zero-order chi connectivity index (χ0) is 18.2. The molecule has 1 aromatic carbocycles. The van der Waals surface area contributed by atoms with Crippen LogP contribution in [0.15, 0.2) is 18.2 Å². The summed E-state index contributed by atoms with van der Waals surface area (Å²) < 4.78 is 10.5. The highest BCUT2D eigenvalue weighted by atomic mass is 16.5. The van der Waals surface area contributed by atoms with E-state index in [9.17, 15) is 9.59 Å². The summed E-state index contributed by atoms with van der Waals surface area (Å²) in [7, 11) is 3.17. The second-order valence-electron chi connectivity index (χ2n) is 6.54. The molecule has 2 N–H and O–H groups in total. The van der Waals surface area contributed by atoms with E-state index in [1.54, 1.807) is 14.2 Å². The molecule has 0 saturated heterocycles. The molecule has 1 aliphatic carbocycles. The Labute approximate surface area is 149 Å². The Hall–Kier alpha value is -2.24. The summed E-state index contributed by atoms with van der Waals surface area (Å²) in [5.74, 6) is 0.633. The van der Waals surface area contributed by atoms with Crippen LogP contribution in [0.3, 0.4) is 0 Å². The van der Waals surface area contributed by atoms with Crippen molar-refractivity contribution in [1.82, 2.24) is 10.6 Å². The van der Waals surface area contributed by atoms with Gasteiger partial charge in [-0.25, -0.2) is 0 Å². The van der Waals surface area contributed by atoms with Gasteiger partial charge in [0.1, 0.15) is 0 Å². The fourth-order valence-corrected chi connectivity index (χ4v) is 3.20. The molecule has 1 saturated carbocycles. The summed E-state index contributed by atoms with van der Waals surface area (Å²) in [6.45, 7) is 2.51.